The Balaban J connectivity index is 1.51. The minimum Gasteiger partial charge on any atom is -0.346 e. The summed E-state index contributed by atoms with van der Waals surface area (Å²) in [6, 6.07) is 11.6. The van der Waals surface area contributed by atoms with E-state index in [-0.39, 0.29) is 11.8 Å². The Kier molecular flexibility index (Phi) is 4.51. The van der Waals surface area contributed by atoms with E-state index < -0.39 is 0 Å². The molecule has 1 aliphatic heterocycles. The van der Waals surface area contributed by atoms with Gasteiger partial charge in [0.2, 0.25) is 5.91 Å². The number of carbonyl (C=O) groups excluding carboxylic acids is 1. The lowest BCUT2D eigenvalue weighted by molar-refractivity contribution is -0.132. The number of nitrogens with zero attached hydrogens (tertiary/aromatic N) is 2. The fourth-order valence-electron chi connectivity index (χ4n) is 3.53. The molecule has 132 valence electrons. The topological polar surface area (TPSA) is 49.0 Å². The van der Waals surface area contributed by atoms with E-state index in [1.165, 1.54) is 11.1 Å². The lowest BCUT2D eigenvalue weighted by Crippen LogP contribution is -2.37. The molecule has 26 heavy (non-hydrogen) atoms. The highest BCUT2D eigenvalue weighted by molar-refractivity contribution is 6.30. The van der Waals surface area contributed by atoms with Gasteiger partial charge in [0.25, 0.3) is 0 Å². The zero-order chi connectivity index (χ0) is 18.1. The fourth-order valence-corrected chi connectivity index (χ4v) is 3.73. The van der Waals surface area contributed by atoms with Crippen LogP contribution in [0.1, 0.15) is 30.4 Å². The second kappa shape index (κ2) is 6.96. The highest BCUT2D eigenvalue weighted by Gasteiger charge is 2.24. The van der Waals surface area contributed by atoms with E-state index >= 15 is 0 Å². The first-order chi connectivity index (χ1) is 12.6. The van der Waals surface area contributed by atoms with Gasteiger partial charge in [0.1, 0.15) is 5.65 Å². The molecular formula is C21H20ClN3O. The van der Waals surface area contributed by atoms with E-state index in [1.54, 1.807) is 6.20 Å². The van der Waals surface area contributed by atoms with Gasteiger partial charge in [-0.15, -0.1) is 0 Å². The van der Waals surface area contributed by atoms with Crippen LogP contribution in [0.4, 0.5) is 0 Å². The summed E-state index contributed by atoms with van der Waals surface area (Å²) in [7, 11) is 0. The predicted octanol–water partition coefficient (Wildman–Crippen LogP) is 4.64. The number of H-pyrrole nitrogens is 1. The Labute approximate surface area is 157 Å². The molecule has 0 saturated carbocycles. The third-order valence-corrected chi connectivity index (χ3v) is 5.27. The maximum absolute atomic E-state index is 12.9. The number of pyridine rings is 1. The average molecular weight is 366 g/mol. The van der Waals surface area contributed by atoms with E-state index in [1.807, 2.05) is 48.4 Å². The fraction of sp³-hybridized carbons (Fsp3) is 0.238. The minimum absolute atomic E-state index is 0.142. The quantitative estimate of drug-likeness (QED) is 0.735. The minimum atomic E-state index is -0.194. The largest absolute Gasteiger partial charge is 0.346 e. The van der Waals surface area contributed by atoms with Crippen molar-refractivity contribution in [1.82, 2.24) is 14.9 Å². The predicted molar refractivity (Wildman–Crippen MR) is 105 cm³/mol. The Hall–Kier alpha value is -2.59. The number of hydrogen-bond donors (Lipinski definition) is 1. The monoisotopic (exact) mass is 365 g/mol. The van der Waals surface area contributed by atoms with Crippen molar-refractivity contribution in [2.24, 2.45) is 0 Å². The molecule has 3 heterocycles. The van der Waals surface area contributed by atoms with Crippen molar-refractivity contribution in [1.29, 1.82) is 0 Å². The van der Waals surface area contributed by atoms with Crippen molar-refractivity contribution < 1.29 is 4.79 Å². The molecule has 0 aliphatic carbocycles. The molecule has 1 unspecified atom stereocenters. The lowest BCUT2D eigenvalue weighted by Gasteiger charge is -2.29. The first-order valence-corrected chi connectivity index (χ1v) is 9.17. The van der Waals surface area contributed by atoms with Crippen molar-refractivity contribution in [3.63, 3.8) is 0 Å². The standard InChI is InChI=1S/C21H20ClN3O/c1-14(16-4-2-5-17(22)12-16)21(26)25-10-7-15(8-11-25)19-13-24-20-18(19)6-3-9-23-20/h2-7,9,12-14H,8,10-11H2,1H3,(H,23,24). The number of amides is 1. The van der Waals surface area contributed by atoms with Gasteiger partial charge < -0.3 is 9.88 Å². The lowest BCUT2D eigenvalue weighted by atomic mass is 9.96. The van der Waals surface area contributed by atoms with Gasteiger partial charge in [0.05, 0.1) is 5.92 Å². The van der Waals surface area contributed by atoms with E-state index in [2.05, 4.69) is 22.1 Å². The number of aromatic nitrogens is 2. The molecule has 4 nitrogen and oxygen atoms in total. The van der Waals surface area contributed by atoms with Crippen LogP contribution in [0.15, 0.2) is 54.9 Å². The molecule has 1 aliphatic rings. The van der Waals surface area contributed by atoms with Crippen LogP contribution in [-0.4, -0.2) is 33.9 Å². The number of aromatic amines is 1. The first-order valence-electron chi connectivity index (χ1n) is 8.79. The van der Waals surface area contributed by atoms with Crippen molar-refractivity contribution in [3.05, 3.63) is 71.0 Å². The Morgan fingerprint density at radius 2 is 2.19 bits per heavy atom. The highest BCUT2D eigenvalue weighted by atomic mass is 35.5. The number of carbonyl (C=O) groups is 1. The first kappa shape index (κ1) is 16.9. The summed E-state index contributed by atoms with van der Waals surface area (Å²) in [5.41, 5.74) is 4.31. The van der Waals surface area contributed by atoms with Gasteiger partial charge in [-0.25, -0.2) is 4.98 Å². The maximum atomic E-state index is 12.9. The number of rotatable bonds is 3. The molecule has 1 N–H and O–H groups in total. The molecule has 0 fully saturated rings. The third kappa shape index (κ3) is 3.13. The molecule has 0 radical (unpaired) electrons. The van der Waals surface area contributed by atoms with Crippen LogP contribution in [0.25, 0.3) is 16.6 Å². The van der Waals surface area contributed by atoms with Gasteiger partial charge in [-0.1, -0.05) is 29.8 Å². The molecule has 1 aromatic carbocycles. The maximum Gasteiger partial charge on any atom is 0.230 e. The van der Waals surface area contributed by atoms with E-state index in [4.69, 9.17) is 11.6 Å². The van der Waals surface area contributed by atoms with Gasteiger partial charge in [0, 0.05) is 41.5 Å². The summed E-state index contributed by atoms with van der Waals surface area (Å²) < 4.78 is 0. The van der Waals surface area contributed by atoms with Crippen LogP contribution in [-0.2, 0) is 4.79 Å². The zero-order valence-electron chi connectivity index (χ0n) is 14.6. The van der Waals surface area contributed by atoms with E-state index in [0.29, 0.717) is 11.6 Å². The van der Waals surface area contributed by atoms with Crippen molar-refractivity contribution in [2.45, 2.75) is 19.3 Å². The summed E-state index contributed by atoms with van der Waals surface area (Å²) in [6.07, 6.45) is 6.79. The van der Waals surface area contributed by atoms with Crippen LogP contribution in [0.2, 0.25) is 5.02 Å². The summed E-state index contributed by atoms with van der Waals surface area (Å²) in [4.78, 5) is 22.3. The number of hydrogen-bond acceptors (Lipinski definition) is 2. The molecule has 1 atom stereocenters. The molecule has 2 aromatic heterocycles. The molecule has 0 spiro atoms. The van der Waals surface area contributed by atoms with Crippen LogP contribution < -0.4 is 0 Å². The SMILES string of the molecule is CC(C(=O)N1CC=C(c2c[nH]c3ncccc23)CC1)c1cccc(Cl)c1. The van der Waals surface area contributed by atoms with Gasteiger partial charge >= 0.3 is 0 Å². The van der Waals surface area contributed by atoms with Crippen LogP contribution in [0.3, 0.4) is 0 Å². The Morgan fingerprint density at radius 3 is 2.96 bits per heavy atom. The number of nitrogens with one attached hydrogen (secondary N) is 1. The Bertz CT molecular complexity index is 992. The zero-order valence-corrected chi connectivity index (χ0v) is 15.3. The molecule has 0 saturated heterocycles. The molecule has 3 aromatic rings. The van der Waals surface area contributed by atoms with Crippen LogP contribution in [0, 0.1) is 0 Å². The highest BCUT2D eigenvalue weighted by Crippen LogP contribution is 2.29. The third-order valence-electron chi connectivity index (χ3n) is 5.04. The summed E-state index contributed by atoms with van der Waals surface area (Å²) in [5, 5.41) is 1.79. The van der Waals surface area contributed by atoms with E-state index in [9.17, 15) is 4.79 Å². The summed E-state index contributed by atoms with van der Waals surface area (Å²) in [6.45, 7) is 3.30. The summed E-state index contributed by atoms with van der Waals surface area (Å²) in [5.74, 6) is -0.0518. The molecular weight excluding hydrogens is 346 g/mol. The Morgan fingerprint density at radius 1 is 1.31 bits per heavy atom. The second-order valence-corrected chi connectivity index (χ2v) is 7.08. The van der Waals surface area contributed by atoms with Crippen LogP contribution in [0.5, 0.6) is 0 Å². The number of fused-ring (bicyclic) bond motifs is 1. The molecule has 5 heteroatoms. The van der Waals surface area contributed by atoms with Gasteiger partial charge in [-0.2, -0.15) is 0 Å². The molecule has 0 bridgehead atoms. The summed E-state index contributed by atoms with van der Waals surface area (Å²) >= 11 is 6.06. The number of benzene rings is 1. The second-order valence-electron chi connectivity index (χ2n) is 6.64. The normalized spacial score (nSPS) is 15.8. The van der Waals surface area contributed by atoms with Crippen molar-refractivity contribution in [2.75, 3.05) is 13.1 Å². The van der Waals surface area contributed by atoms with Crippen LogP contribution >= 0.6 is 11.6 Å². The van der Waals surface area contributed by atoms with Crippen molar-refractivity contribution >= 4 is 34.1 Å². The molecule has 4 rings (SSSR count). The average Bonchev–Trinajstić information content (AvgIpc) is 3.11. The van der Waals surface area contributed by atoms with E-state index in [0.717, 1.165) is 29.6 Å². The van der Waals surface area contributed by atoms with Gasteiger partial charge in [-0.3, -0.25) is 4.79 Å². The van der Waals surface area contributed by atoms with Gasteiger partial charge in [-0.05, 0) is 48.7 Å². The smallest absolute Gasteiger partial charge is 0.230 e. The van der Waals surface area contributed by atoms with Gasteiger partial charge in [0.15, 0.2) is 0 Å². The molecule has 1 amide bonds. The van der Waals surface area contributed by atoms with Crippen molar-refractivity contribution in [3.8, 4) is 0 Å². The number of halogens is 1.